The van der Waals surface area contributed by atoms with E-state index in [-0.39, 0.29) is 0 Å². The first-order chi connectivity index (χ1) is 10.1. The molecule has 0 bridgehead atoms. The lowest BCUT2D eigenvalue weighted by molar-refractivity contribution is 0.112. The Morgan fingerprint density at radius 2 is 1.71 bits per heavy atom. The second-order valence-corrected chi connectivity index (χ2v) is 5.63. The second-order valence-electron chi connectivity index (χ2n) is 4.77. The molecule has 0 aliphatic heterocycles. The normalized spacial score (nSPS) is 10.2. The molecule has 0 spiro atoms. The van der Waals surface area contributed by atoms with Crippen LogP contribution in [0.1, 0.15) is 21.5 Å². The molecule has 3 nitrogen and oxygen atoms in total. The minimum Gasteiger partial charge on any atom is -0.490 e. The van der Waals surface area contributed by atoms with Crippen LogP contribution in [0.3, 0.4) is 0 Å². The molecule has 0 radical (unpaired) electrons. The van der Waals surface area contributed by atoms with Gasteiger partial charge in [0, 0.05) is 5.56 Å². The maximum atomic E-state index is 10.7. The number of halogens is 1. The highest BCUT2D eigenvalue weighted by Crippen LogP contribution is 2.25. The van der Waals surface area contributed by atoms with Gasteiger partial charge in [-0.05, 0) is 65.2 Å². The van der Waals surface area contributed by atoms with Gasteiger partial charge in [0.2, 0.25) is 0 Å². The molecule has 2 aromatic rings. The van der Waals surface area contributed by atoms with Gasteiger partial charge in [0.25, 0.3) is 0 Å². The smallest absolute Gasteiger partial charge is 0.150 e. The van der Waals surface area contributed by atoms with Crippen LogP contribution in [0.4, 0.5) is 0 Å². The third kappa shape index (κ3) is 4.33. The minimum absolute atomic E-state index is 0.437. The summed E-state index contributed by atoms with van der Waals surface area (Å²) in [5, 5.41) is 0. The van der Waals surface area contributed by atoms with Crippen molar-refractivity contribution in [1.82, 2.24) is 0 Å². The predicted molar refractivity (Wildman–Crippen MR) is 86.4 cm³/mol. The molecule has 0 amide bonds. The molecule has 0 heterocycles. The van der Waals surface area contributed by atoms with Crippen LogP contribution >= 0.6 is 15.9 Å². The third-order valence-electron chi connectivity index (χ3n) is 3.03. The van der Waals surface area contributed by atoms with Crippen molar-refractivity contribution in [3.8, 4) is 11.5 Å². The van der Waals surface area contributed by atoms with E-state index < -0.39 is 0 Å². The van der Waals surface area contributed by atoms with Crippen molar-refractivity contribution in [1.29, 1.82) is 0 Å². The summed E-state index contributed by atoms with van der Waals surface area (Å²) in [6, 6.07) is 11.3. The second kappa shape index (κ2) is 7.27. The summed E-state index contributed by atoms with van der Waals surface area (Å²) < 4.78 is 12.1. The summed E-state index contributed by atoms with van der Waals surface area (Å²) in [6.45, 7) is 4.96. The number of aldehydes is 1. The molecule has 0 aliphatic carbocycles. The molecule has 0 aromatic heterocycles. The molecule has 0 atom stereocenters. The van der Waals surface area contributed by atoms with Crippen LogP contribution < -0.4 is 9.47 Å². The fourth-order valence-corrected chi connectivity index (χ4v) is 2.38. The van der Waals surface area contributed by atoms with Gasteiger partial charge >= 0.3 is 0 Å². The van der Waals surface area contributed by atoms with Gasteiger partial charge in [-0.3, -0.25) is 4.79 Å². The van der Waals surface area contributed by atoms with E-state index in [1.165, 1.54) is 5.56 Å². The lowest BCUT2D eigenvalue weighted by Gasteiger charge is -2.12. The fourth-order valence-electron chi connectivity index (χ4n) is 1.87. The van der Waals surface area contributed by atoms with Gasteiger partial charge in [-0.2, -0.15) is 0 Å². The molecule has 110 valence electrons. The monoisotopic (exact) mass is 348 g/mol. The maximum Gasteiger partial charge on any atom is 0.150 e. The number of rotatable bonds is 6. The van der Waals surface area contributed by atoms with Crippen molar-refractivity contribution in [3.63, 3.8) is 0 Å². The maximum absolute atomic E-state index is 10.7. The SMILES string of the molecule is Cc1ccc(C)c(OCCOc2ccc(C=O)cc2Br)c1. The Morgan fingerprint density at radius 1 is 1.00 bits per heavy atom. The molecule has 2 rings (SSSR count). The zero-order valence-corrected chi connectivity index (χ0v) is 13.6. The van der Waals surface area contributed by atoms with Gasteiger partial charge < -0.3 is 9.47 Å². The quantitative estimate of drug-likeness (QED) is 0.575. The van der Waals surface area contributed by atoms with E-state index in [4.69, 9.17) is 9.47 Å². The van der Waals surface area contributed by atoms with Crippen LogP contribution in [0.2, 0.25) is 0 Å². The van der Waals surface area contributed by atoms with Crippen LogP contribution in [-0.2, 0) is 0 Å². The van der Waals surface area contributed by atoms with Crippen molar-refractivity contribution in [2.24, 2.45) is 0 Å². The van der Waals surface area contributed by atoms with E-state index >= 15 is 0 Å². The first kappa shape index (κ1) is 15.6. The van der Waals surface area contributed by atoms with Gasteiger partial charge in [-0.15, -0.1) is 0 Å². The van der Waals surface area contributed by atoms with E-state index in [2.05, 4.69) is 22.0 Å². The molecule has 0 unspecified atom stereocenters. The molecule has 4 heteroatoms. The van der Waals surface area contributed by atoms with Crippen molar-refractivity contribution in [2.75, 3.05) is 13.2 Å². The van der Waals surface area contributed by atoms with Crippen LogP contribution in [0.15, 0.2) is 40.9 Å². The summed E-state index contributed by atoms with van der Waals surface area (Å²) in [5.41, 5.74) is 2.89. The molecule has 0 N–H and O–H groups in total. The van der Waals surface area contributed by atoms with E-state index in [1.807, 2.05) is 26.0 Å². The number of aryl methyl sites for hydroxylation is 2. The molecule has 21 heavy (non-hydrogen) atoms. The van der Waals surface area contributed by atoms with Crippen molar-refractivity contribution in [2.45, 2.75) is 13.8 Å². The van der Waals surface area contributed by atoms with Crippen molar-refractivity contribution >= 4 is 22.2 Å². The first-order valence-corrected chi connectivity index (χ1v) is 7.47. The van der Waals surface area contributed by atoms with E-state index in [9.17, 15) is 4.79 Å². The first-order valence-electron chi connectivity index (χ1n) is 6.68. The highest BCUT2D eigenvalue weighted by atomic mass is 79.9. The van der Waals surface area contributed by atoms with Crippen molar-refractivity contribution < 1.29 is 14.3 Å². The molecule has 0 aliphatic rings. The summed E-state index contributed by atoms with van der Waals surface area (Å²) in [7, 11) is 0. The largest absolute Gasteiger partial charge is 0.490 e. The molecule has 0 saturated heterocycles. The Kier molecular flexibility index (Phi) is 5.39. The van der Waals surface area contributed by atoms with E-state index in [0.717, 1.165) is 22.1 Å². The third-order valence-corrected chi connectivity index (χ3v) is 3.65. The number of benzene rings is 2. The lowest BCUT2D eigenvalue weighted by Crippen LogP contribution is -2.10. The van der Waals surface area contributed by atoms with Crippen LogP contribution in [0.25, 0.3) is 0 Å². The minimum atomic E-state index is 0.437. The van der Waals surface area contributed by atoms with Gasteiger partial charge in [0.15, 0.2) is 0 Å². The van der Waals surface area contributed by atoms with Gasteiger partial charge in [0.1, 0.15) is 31.0 Å². The van der Waals surface area contributed by atoms with Gasteiger partial charge in [-0.25, -0.2) is 0 Å². The Bertz CT molecular complexity index is 638. The molecule has 0 fully saturated rings. The van der Waals surface area contributed by atoms with E-state index in [1.54, 1.807) is 18.2 Å². The van der Waals surface area contributed by atoms with Crippen LogP contribution in [0.5, 0.6) is 11.5 Å². The fraction of sp³-hybridized carbons (Fsp3) is 0.235. The van der Waals surface area contributed by atoms with Crippen LogP contribution in [0, 0.1) is 13.8 Å². The number of carbonyl (C=O) groups excluding carboxylic acids is 1. The average Bonchev–Trinajstić information content (AvgIpc) is 2.48. The summed E-state index contributed by atoms with van der Waals surface area (Å²) >= 11 is 3.38. The molecular weight excluding hydrogens is 332 g/mol. The predicted octanol–water partition coefficient (Wildman–Crippen LogP) is 4.34. The average molecular weight is 349 g/mol. The zero-order valence-electron chi connectivity index (χ0n) is 12.1. The van der Waals surface area contributed by atoms with Crippen molar-refractivity contribution in [3.05, 3.63) is 57.6 Å². The Hall–Kier alpha value is -1.81. The van der Waals surface area contributed by atoms with Gasteiger partial charge in [-0.1, -0.05) is 12.1 Å². The lowest BCUT2D eigenvalue weighted by atomic mass is 10.1. The number of hydrogen-bond acceptors (Lipinski definition) is 3. The topological polar surface area (TPSA) is 35.5 Å². The van der Waals surface area contributed by atoms with Gasteiger partial charge in [0.05, 0.1) is 4.47 Å². The van der Waals surface area contributed by atoms with Crippen LogP contribution in [-0.4, -0.2) is 19.5 Å². The Balaban J connectivity index is 1.87. The highest BCUT2D eigenvalue weighted by Gasteiger charge is 2.03. The van der Waals surface area contributed by atoms with E-state index in [0.29, 0.717) is 24.5 Å². The number of ether oxygens (including phenoxy) is 2. The highest BCUT2D eigenvalue weighted by molar-refractivity contribution is 9.10. The Morgan fingerprint density at radius 3 is 2.38 bits per heavy atom. The molecular formula is C17H17BrO3. The molecule has 2 aromatic carbocycles. The zero-order chi connectivity index (χ0) is 15.2. The number of carbonyl (C=O) groups is 1. The Labute approximate surface area is 133 Å². The standard InChI is InChI=1S/C17H17BrO3/c1-12-3-4-13(2)17(9-12)21-8-7-20-16-6-5-14(11-19)10-15(16)18/h3-6,9-11H,7-8H2,1-2H3. The number of hydrogen-bond donors (Lipinski definition) is 0. The molecule has 0 saturated carbocycles. The summed E-state index contributed by atoms with van der Waals surface area (Å²) in [4.78, 5) is 10.7. The summed E-state index contributed by atoms with van der Waals surface area (Å²) in [6.07, 6.45) is 0.804. The summed E-state index contributed by atoms with van der Waals surface area (Å²) in [5.74, 6) is 1.58.